The lowest BCUT2D eigenvalue weighted by Crippen LogP contribution is -2.39. The van der Waals surface area contributed by atoms with Gasteiger partial charge < -0.3 is 25.4 Å². The normalized spacial score (nSPS) is 13.9. The summed E-state index contributed by atoms with van der Waals surface area (Å²) in [7, 11) is 0. The Morgan fingerprint density at radius 2 is 1.79 bits per heavy atom. The van der Waals surface area contributed by atoms with Gasteiger partial charge in [0, 0.05) is 43.9 Å². The van der Waals surface area contributed by atoms with Crippen LogP contribution in [0.4, 0.5) is 10.1 Å². The van der Waals surface area contributed by atoms with Gasteiger partial charge in [0.2, 0.25) is 0 Å². The predicted octanol–water partition coefficient (Wildman–Crippen LogP) is 1.73. The molecule has 1 aliphatic heterocycles. The van der Waals surface area contributed by atoms with Gasteiger partial charge in [0.1, 0.15) is 11.6 Å². The van der Waals surface area contributed by atoms with Crippen LogP contribution >= 0.6 is 0 Å². The van der Waals surface area contributed by atoms with Crippen molar-refractivity contribution in [2.45, 2.75) is 19.3 Å². The van der Waals surface area contributed by atoms with E-state index in [0.29, 0.717) is 17.9 Å². The molecule has 176 valence electrons. The number of benzene rings is 2. The number of aliphatic hydroxyl groups is 1. The lowest BCUT2D eigenvalue weighted by molar-refractivity contribution is -0.136. The van der Waals surface area contributed by atoms with Crippen LogP contribution in [0.2, 0.25) is 0 Å². The van der Waals surface area contributed by atoms with Crippen molar-refractivity contribution in [2.24, 2.45) is 5.92 Å². The number of carbonyl (C=O) groups excluding carboxylic acids is 3. The Morgan fingerprint density at radius 3 is 2.48 bits per heavy atom. The molecule has 33 heavy (non-hydrogen) atoms. The van der Waals surface area contributed by atoms with E-state index in [9.17, 15) is 23.9 Å². The summed E-state index contributed by atoms with van der Waals surface area (Å²) >= 11 is 0. The quantitative estimate of drug-likeness (QED) is 0.497. The van der Waals surface area contributed by atoms with E-state index in [2.05, 4.69) is 10.6 Å². The van der Waals surface area contributed by atoms with Gasteiger partial charge in [-0.2, -0.15) is 0 Å². The molecule has 1 aliphatic rings. The molecule has 9 heteroatoms. The average molecular weight is 458 g/mol. The minimum absolute atomic E-state index is 0.0830. The number of amides is 3. The van der Waals surface area contributed by atoms with Crippen LogP contribution in [0.5, 0.6) is 5.75 Å². The van der Waals surface area contributed by atoms with E-state index in [1.54, 1.807) is 35.2 Å². The molecule has 0 radical (unpaired) electrons. The first-order valence-electron chi connectivity index (χ1n) is 10.9. The number of likely N-dealkylation sites (tertiary alicyclic amines) is 1. The molecule has 3 amide bonds. The number of halogens is 1. The summed E-state index contributed by atoms with van der Waals surface area (Å²) in [5.74, 6) is -2.06. The van der Waals surface area contributed by atoms with Crippen LogP contribution in [0.25, 0.3) is 0 Å². The van der Waals surface area contributed by atoms with Crippen LogP contribution in [0, 0.1) is 11.7 Å². The first kappa shape index (κ1) is 24.2. The predicted molar refractivity (Wildman–Crippen MR) is 120 cm³/mol. The molecule has 0 aliphatic carbocycles. The van der Waals surface area contributed by atoms with E-state index in [1.165, 1.54) is 18.2 Å². The van der Waals surface area contributed by atoms with Crippen molar-refractivity contribution in [3.05, 3.63) is 59.9 Å². The molecular weight excluding hydrogens is 429 g/mol. The van der Waals surface area contributed by atoms with Crippen molar-refractivity contribution in [3.63, 3.8) is 0 Å². The Bertz CT molecular complexity index is 961. The molecular formula is C24H28FN3O5. The summed E-state index contributed by atoms with van der Waals surface area (Å²) < 4.78 is 18.5. The number of nitrogens with zero attached hydrogens (tertiary/aromatic N) is 1. The van der Waals surface area contributed by atoms with Crippen molar-refractivity contribution in [3.8, 4) is 5.75 Å². The Morgan fingerprint density at radius 1 is 1.06 bits per heavy atom. The number of carbonyl (C=O) groups is 3. The van der Waals surface area contributed by atoms with Gasteiger partial charge >= 0.3 is 11.8 Å². The third-order valence-electron chi connectivity index (χ3n) is 5.37. The van der Waals surface area contributed by atoms with E-state index in [0.717, 1.165) is 31.5 Å². The number of ether oxygens (including phenoxy) is 1. The fourth-order valence-electron chi connectivity index (χ4n) is 3.53. The summed E-state index contributed by atoms with van der Waals surface area (Å²) in [5, 5.41) is 14.5. The molecule has 1 fully saturated rings. The second-order valence-corrected chi connectivity index (χ2v) is 7.95. The minimum Gasteiger partial charge on any atom is -0.484 e. The van der Waals surface area contributed by atoms with Gasteiger partial charge in [0.15, 0.2) is 6.61 Å². The van der Waals surface area contributed by atoms with Crippen molar-refractivity contribution in [1.82, 2.24) is 10.2 Å². The van der Waals surface area contributed by atoms with E-state index in [4.69, 9.17) is 4.74 Å². The van der Waals surface area contributed by atoms with Crippen LogP contribution in [-0.4, -0.2) is 60.6 Å². The minimum atomic E-state index is -0.862. The van der Waals surface area contributed by atoms with Crippen molar-refractivity contribution >= 4 is 23.4 Å². The second kappa shape index (κ2) is 12.0. The summed E-state index contributed by atoms with van der Waals surface area (Å²) in [6.45, 7) is 1.29. The van der Waals surface area contributed by atoms with Gasteiger partial charge in [-0.3, -0.25) is 14.4 Å². The van der Waals surface area contributed by atoms with Gasteiger partial charge in [-0.1, -0.05) is 18.2 Å². The zero-order chi connectivity index (χ0) is 23.6. The number of nitrogens with one attached hydrogen (secondary N) is 2. The Hall–Kier alpha value is -3.46. The molecule has 1 saturated heterocycles. The lowest BCUT2D eigenvalue weighted by Gasteiger charge is -2.16. The number of hydrogen-bond acceptors (Lipinski definition) is 5. The Balaban J connectivity index is 1.45. The summed E-state index contributed by atoms with van der Waals surface area (Å²) in [6, 6.07) is 12.3. The van der Waals surface area contributed by atoms with Crippen molar-refractivity contribution < 1.29 is 28.6 Å². The summed E-state index contributed by atoms with van der Waals surface area (Å²) in [4.78, 5) is 38.3. The Kier molecular flexibility index (Phi) is 8.77. The second-order valence-electron chi connectivity index (χ2n) is 7.95. The van der Waals surface area contributed by atoms with E-state index < -0.39 is 11.8 Å². The van der Waals surface area contributed by atoms with Crippen molar-refractivity contribution in [2.75, 3.05) is 38.2 Å². The maximum atomic E-state index is 13.0. The van der Waals surface area contributed by atoms with Gasteiger partial charge in [-0.25, -0.2) is 4.39 Å². The fourth-order valence-corrected chi connectivity index (χ4v) is 3.53. The third-order valence-corrected chi connectivity index (χ3v) is 5.37. The topological polar surface area (TPSA) is 108 Å². The molecule has 0 saturated carbocycles. The Labute approximate surface area is 191 Å². The average Bonchev–Trinajstić information content (AvgIpc) is 3.36. The highest BCUT2D eigenvalue weighted by Crippen LogP contribution is 2.18. The highest BCUT2D eigenvalue weighted by atomic mass is 19.1. The van der Waals surface area contributed by atoms with Gasteiger partial charge in [-0.15, -0.1) is 0 Å². The molecule has 1 heterocycles. The van der Waals surface area contributed by atoms with Crippen LogP contribution < -0.4 is 15.4 Å². The van der Waals surface area contributed by atoms with Gasteiger partial charge in [-0.05, 0) is 49.1 Å². The fraction of sp³-hybridized carbons (Fsp3) is 0.375. The van der Waals surface area contributed by atoms with Crippen molar-refractivity contribution in [1.29, 1.82) is 0 Å². The third kappa shape index (κ3) is 7.57. The number of anilines is 1. The van der Waals surface area contributed by atoms with Gasteiger partial charge in [0.05, 0.1) is 0 Å². The molecule has 8 nitrogen and oxygen atoms in total. The standard InChI is InChI=1S/C24H28FN3O5/c25-19-8-6-17(7-9-19)12-18(15-29)14-26-23(31)24(32)27-20-4-3-5-21(13-20)33-16-22(30)28-10-1-2-11-28/h3-9,13,18,29H,1-2,10-12,14-16H2,(H,26,31)(H,27,32). The number of aliphatic hydroxyl groups excluding tert-OH is 1. The zero-order valence-electron chi connectivity index (χ0n) is 18.3. The monoisotopic (exact) mass is 457 g/mol. The number of rotatable bonds is 9. The van der Waals surface area contributed by atoms with Gasteiger partial charge in [0.25, 0.3) is 5.91 Å². The molecule has 2 aromatic rings. The molecule has 0 spiro atoms. The molecule has 0 bridgehead atoms. The molecule has 1 atom stereocenters. The first-order chi connectivity index (χ1) is 15.9. The lowest BCUT2D eigenvalue weighted by atomic mass is 10.00. The summed E-state index contributed by atoms with van der Waals surface area (Å²) in [6.07, 6.45) is 2.43. The highest BCUT2D eigenvalue weighted by Gasteiger charge is 2.19. The van der Waals surface area contributed by atoms with E-state index in [1.807, 2.05) is 0 Å². The molecule has 2 aromatic carbocycles. The first-order valence-corrected chi connectivity index (χ1v) is 10.9. The maximum Gasteiger partial charge on any atom is 0.313 e. The molecule has 1 unspecified atom stereocenters. The van der Waals surface area contributed by atoms with E-state index >= 15 is 0 Å². The van der Waals surface area contributed by atoms with Crippen LogP contribution in [0.1, 0.15) is 18.4 Å². The maximum absolute atomic E-state index is 13.0. The zero-order valence-corrected chi connectivity index (χ0v) is 18.3. The van der Waals surface area contributed by atoms with Crippen LogP contribution in [-0.2, 0) is 20.8 Å². The van der Waals surface area contributed by atoms with Crippen LogP contribution in [0.15, 0.2) is 48.5 Å². The van der Waals surface area contributed by atoms with E-state index in [-0.39, 0.29) is 37.4 Å². The summed E-state index contributed by atoms with van der Waals surface area (Å²) in [5.41, 5.74) is 1.17. The largest absolute Gasteiger partial charge is 0.484 e. The molecule has 3 rings (SSSR count). The highest BCUT2D eigenvalue weighted by molar-refractivity contribution is 6.39. The number of hydrogen-bond donors (Lipinski definition) is 3. The smallest absolute Gasteiger partial charge is 0.313 e. The SMILES string of the molecule is O=C(NCC(CO)Cc1ccc(F)cc1)C(=O)Nc1cccc(OCC(=O)N2CCCC2)c1. The molecule has 3 N–H and O–H groups in total. The molecule has 0 aromatic heterocycles. The van der Waals surface area contributed by atoms with Crippen LogP contribution in [0.3, 0.4) is 0 Å².